The average Bonchev–Trinajstić information content (AvgIpc) is 3.24. The normalized spacial score (nSPS) is 12.2. The maximum atomic E-state index is 12.4. The van der Waals surface area contributed by atoms with Gasteiger partial charge in [-0.25, -0.2) is 0 Å². The molecule has 5 heteroatoms. The SMILES string of the molecule is CCCCCCCCCCCCCCCCCCOC(=O)C(N)Cc1cn(C(C)=O)c2ccccc12. The van der Waals surface area contributed by atoms with Crippen LogP contribution in [0, 0.1) is 0 Å². The summed E-state index contributed by atoms with van der Waals surface area (Å²) >= 11 is 0. The average molecular weight is 499 g/mol. The lowest BCUT2D eigenvalue weighted by Crippen LogP contribution is -2.34. The Morgan fingerprint density at radius 1 is 0.806 bits per heavy atom. The van der Waals surface area contributed by atoms with Gasteiger partial charge in [0.15, 0.2) is 0 Å². The van der Waals surface area contributed by atoms with Gasteiger partial charge in [-0.3, -0.25) is 14.2 Å². The van der Waals surface area contributed by atoms with Crippen molar-refractivity contribution in [2.45, 2.75) is 129 Å². The van der Waals surface area contributed by atoms with Crippen molar-refractivity contribution in [2.24, 2.45) is 5.73 Å². The van der Waals surface area contributed by atoms with Gasteiger partial charge in [-0.05, 0) is 18.1 Å². The molecule has 1 atom stereocenters. The van der Waals surface area contributed by atoms with Crippen molar-refractivity contribution in [3.05, 3.63) is 36.0 Å². The largest absolute Gasteiger partial charge is 0.465 e. The molecule has 0 aliphatic heterocycles. The third-order valence-electron chi connectivity index (χ3n) is 7.12. The Morgan fingerprint density at radius 2 is 1.31 bits per heavy atom. The van der Waals surface area contributed by atoms with Crippen LogP contribution in [0.4, 0.5) is 0 Å². The van der Waals surface area contributed by atoms with Gasteiger partial charge in [0.2, 0.25) is 5.91 Å². The summed E-state index contributed by atoms with van der Waals surface area (Å²) < 4.78 is 7.03. The van der Waals surface area contributed by atoms with Crippen molar-refractivity contribution < 1.29 is 14.3 Å². The smallest absolute Gasteiger partial charge is 0.323 e. The van der Waals surface area contributed by atoms with E-state index < -0.39 is 6.04 Å². The number of para-hydroxylation sites is 1. The summed E-state index contributed by atoms with van der Waals surface area (Å²) in [7, 11) is 0. The zero-order valence-corrected chi connectivity index (χ0v) is 22.9. The molecule has 1 heterocycles. The summed E-state index contributed by atoms with van der Waals surface area (Å²) in [6.07, 6.45) is 23.3. The summed E-state index contributed by atoms with van der Waals surface area (Å²) in [5.41, 5.74) is 7.87. The standard InChI is InChI=1S/C31H50N2O3/c1-3-4-5-6-7-8-9-10-11-12-13-14-15-16-17-20-23-36-31(35)29(32)24-27-25-33(26(2)34)30-22-19-18-21-28(27)30/h18-19,21-22,25,29H,3-17,20,23-24,32H2,1-2H3. The zero-order valence-electron chi connectivity index (χ0n) is 22.9. The molecule has 0 aliphatic rings. The van der Waals surface area contributed by atoms with E-state index in [1.807, 2.05) is 24.3 Å². The molecular weight excluding hydrogens is 448 g/mol. The number of benzene rings is 1. The summed E-state index contributed by atoms with van der Waals surface area (Å²) in [5, 5.41) is 0.953. The van der Waals surface area contributed by atoms with Crippen molar-refractivity contribution in [1.29, 1.82) is 0 Å². The van der Waals surface area contributed by atoms with E-state index in [-0.39, 0.29) is 11.9 Å². The Bertz CT molecular complexity index is 889. The van der Waals surface area contributed by atoms with E-state index in [1.54, 1.807) is 10.8 Å². The fraction of sp³-hybridized carbons (Fsp3) is 0.677. The number of fused-ring (bicyclic) bond motifs is 1. The van der Waals surface area contributed by atoms with Crippen LogP contribution in [0.1, 0.15) is 127 Å². The Morgan fingerprint density at radius 3 is 1.83 bits per heavy atom. The number of ether oxygens (including phenoxy) is 1. The monoisotopic (exact) mass is 498 g/mol. The number of nitrogens with two attached hydrogens (primary N) is 1. The van der Waals surface area contributed by atoms with E-state index in [2.05, 4.69) is 6.92 Å². The first kappa shape index (κ1) is 30.1. The maximum Gasteiger partial charge on any atom is 0.323 e. The highest BCUT2D eigenvalue weighted by molar-refractivity contribution is 5.94. The molecule has 0 aliphatic carbocycles. The summed E-state index contributed by atoms with van der Waals surface area (Å²) in [6.45, 7) is 4.24. The van der Waals surface area contributed by atoms with Crippen LogP contribution >= 0.6 is 0 Å². The number of unbranched alkanes of at least 4 members (excludes halogenated alkanes) is 15. The Labute approximate surface area is 219 Å². The number of carbonyl (C=O) groups is 2. The van der Waals surface area contributed by atoms with Crippen LogP contribution in [0.15, 0.2) is 30.5 Å². The third-order valence-corrected chi connectivity index (χ3v) is 7.12. The molecule has 1 aromatic carbocycles. The van der Waals surface area contributed by atoms with Gasteiger partial charge in [-0.1, -0.05) is 121 Å². The van der Waals surface area contributed by atoms with Gasteiger partial charge in [0.1, 0.15) is 6.04 Å². The molecule has 36 heavy (non-hydrogen) atoms. The van der Waals surface area contributed by atoms with Crippen molar-refractivity contribution in [3.63, 3.8) is 0 Å². The van der Waals surface area contributed by atoms with Crippen LogP contribution in [-0.4, -0.2) is 29.1 Å². The van der Waals surface area contributed by atoms with E-state index >= 15 is 0 Å². The Balaban J connectivity index is 1.47. The number of nitrogens with zero attached hydrogens (tertiary/aromatic N) is 1. The van der Waals surface area contributed by atoms with Crippen LogP contribution in [-0.2, 0) is 16.0 Å². The van der Waals surface area contributed by atoms with Crippen LogP contribution < -0.4 is 5.73 Å². The molecule has 0 amide bonds. The Kier molecular flexibility index (Phi) is 15.2. The number of rotatable bonds is 20. The van der Waals surface area contributed by atoms with Crippen molar-refractivity contribution in [3.8, 4) is 0 Å². The molecule has 0 saturated heterocycles. The molecule has 5 nitrogen and oxygen atoms in total. The van der Waals surface area contributed by atoms with Crippen LogP contribution in [0.2, 0.25) is 0 Å². The van der Waals surface area contributed by atoms with E-state index in [4.69, 9.17) is 10.5 Å². The summed E-state index contributed by atoms with van der Waals surface area (Å²) in [5.74, 6) is -0.423. The fourth-order valence-electron chi connectivity index (χ4n) is 4.92. The first-order valence-corrected chi connectivity index (χ1v) is 14.6. The maximum absolute atomic E-state index is 12.4. The van der Waals surface area contributed by atoms with Gasteiger partial charge in [0.05, 0.1) is 12.1 Å². The third kappa shape index (κ3) is 11.3. The minimum absolute atomic E-state index is 0.0582. The molecule has 0 saturated carbocycles. The summed E-state index contributed by atoms with van der Waals surface area (Å²) in [4.78, 5) is 24.3. The molecule has 0 spiro atoms. The van der Waals surface area contributed by atoms with Gasteiger partial charge >= 0.3 is 5.97 Å². The topological polar surface area (TPSA) is 74.3 Å². The molecule has 0 radical (unpaired) electrons. The Hall–Kier alpha value is -2.14. The van der Waals surface area contributed by atoms with Crippen molar-refractivity contribution in [2.75, 3.05) is 6.61 Å². The van der Waals surface area contributed by atoms with Gasteiger partial charge in [0, 0.05) is 24.9 Å². The highest BCUT2D eigenvalue weighted by Crippen LogP contribution is 2.22. The van der Waals surface area contributed by atoms with E-state index in [0.29, 0.717) is 13.0 Å². The van der Waals surface area contributed by atoms with Crippen LogP contribution in [0.3, 0.4) is 0 Å². The second-order valence-electron chi connectivity index (χ2n) is 10.3. The van der Waals surface area contributed by atoms with Crippen LogP contribution in [0.25, 0.3) is 10.9 Å². The first-order valence-electron chi connectivity index (χ1n) is 14.6. The number of esters is 1. The quantitative estimate of drug-likeness (QED) is 0.148. The lowest BCUT2D eigenvalue weighted by atomic mass is 10.0. The molecule has 2 aromatic rings. The van der Waals surface area contributed by atoms with Gasteiger partial charge in [-0.15, -0.1) is 0 Å². The first-order chi connectivity index (χ1) is 17.5. The van der Waals surface area contributed by atoms with E-state index in [0.717, 1.165) is 29.3 Å². The second kappa shape index (κ2) is 18.2. The van der Waals surface area contributed by atoms with Crippen molar-refractivity contribution >= 4 is 22.8 Å². The molecule has 0 bridgehead atoms. The molecule has 1 unspecified atom stereocenters. The van der Waals surface area contributed by atoms with E-state index in [9.17, 15) is 9.59 Å². The number of hydrogen-bond acceptors (Lipinski definition) is 4. The molecule has 2 N–H and O–H groups in total. The van der Waals surface area contributed by atoms with Crippen molar-refractivity contribution in [1.82, 2.24) is 4.57 Å². The predicted octanol–water partition coefficient (Wildman–Crippen LogP) is 7.98. The van der Waals surface area contributed by atoms with Crippen LogP contribution in [0.5, 0.6) is 0 Å². The molecule has 0 fully saturated rings. The highest BCUT2D eigenvalue weighted by atomic mass is 16.5. The summed E-state index contributed by atoms with van der Waals surface area (Å²) in [6, 6.07) is 6.96. The lowest BCUT2D eigenvalue weighted by molar-refractivity contribution is -0.145. The predicted molar refractivity (Wildman–Crippen MR) is 150 cm³/mol. The molecule has 2 rings (SSSR count). The highest BCUT2D eigenvalue weighted by Gasteiger charge is 2.19. The number of carbonyl (C=O) groups excluding carboxylic acids is 2. The number of hydrogen-bond donors (Lipinski definition) is 1. The second-order valence-corrected chi connectivity index (χ2v) is 10.3. The lowest BCUT2D eigenvalue weighted by Gasteiger charge is -2.11. The molecule has 1 aromatic heterocycles. The fourth-order valence-corrected chi connectivity index (χ4v) is 4.92. The zero-order chi connectivity index (χ0) is 26.0. The minimum Gasteiger partial charge on any atom is -0.465 e. The molecule has 202 valence electrons. The minimum atomic E-state index is -0.725. The molecular formula is C31H50N2O3. The van der Waals surface area contributed by atoms with E-state index in [1.165, 1.54) is 96.8 Å². The number of aromatic nitrogens is 1. The van der Waals surface area contributed by atoms with Gasteiger partial charge in [0.25, 0.3) is 0 Å². The van der Waals surface area contributed by atoms with Gasteiger partial charge < -0.3 is 10.5 Å². The van der Waals surface area contributed by atoms with Gasteiger partial charge in [-0.2, -0.15) is 0 Å².